The molecule has 4 nitrogen and oxygen atoms in total. The highest BCUT2D eigenvalue weighted by Crippen LogP contribution is 2.33. The number of sulfonamides is 1. The number of thiophene rings is 2. The maximum absolute atomic E-state index is 12.4. The number of aliphatic hydroxyl groups is 1. The lowest BCUT2D eigenvalue weighted by atomic mass is 9.95. The van der Waals surface area contributed by atoms with Gasteiger partial charge in [0.05, 0.1) is 5.75 Å². The third kappa shape index (κ3) is 4.49. The summed E-state index contributed by atoms with van der Waals surface area (Å²) in [5.74, 6) is -0.172. The van der Waals surface area contributed by atoms with Crippen LogP contribution < -0.4 is 4.72 Å². The van der Waals surface area contributed by atoms with Crippen LogP contribution in [0.3, 0.4) is 0 Å². The van der Waals surface area contributed by atoms with E-state index in [2.05, 4.69) is 4.72 Å². The normalized spacial score (nSPS) is 14.3. The second kappa shape index (κ2) is 7.57. The van der Waals surface area contributed by atoms with Crippen LogP contribution in [-0.4, -0.2) is 20.1 Å². The predicted molar refractivity (Wildman–Crippen MR) is 104 cm³/mol. The average Bonchev–Trinajstić information content (AvgIpc) is 3.28. The van der Waals surface area contributed by atoms with E-state index in [1.165, 1.54) is 22.7 Å². The molecule has 132 valence electrons. The monoisotopic (exact) mass is 413 g/mol. The molecule has 8 heteroatoms. The summed E-state index contributed by atoms with van der Waals surface area (Å²) in [6, 6.07) is 12.1. The molecule has 0 radical (unpaired) electrons. The molecule has 2 aromatic heterocycles. The average molecular weight is 414 g/mol. The van der Waals surface area contributed by atoms with Crippen molar-refractivity contribution < 1.29 is 13.5 Å². The molecule has 0 amide bonds. The molecule has 0 bridgehead atoms. The molecule has 0 saturated heterocycles. The summed E-state index contributed by atoms with van der Waals surface area (Å²) in [5, 5.41) is 17.3. The SMILES string of the molecule is O=S(=O)(Cc1ccc(Cl)cc1)NCC(O)(c1ccsc1)c1cccs1. The van der Waals surface area contributed by atoms with Gasteiger partial charge >= 0.3 is 0 Å². The molecule has 0 aliphatic heterocycles. The van der Waals surface area contributed by atoms with Crippen LogP contribution in [0.1, 0.15) is 16.0 Å². The maximum Gasteiger partial charge on any atom is 0.215 e. The lowest BCUT2D eigenvalue weighted by Gasteiger charge is -2.27. The third-order valence-corrected chi connectivity index (χ3v) is 7.00. The predicted octanol–water partition coefficient (Wildman–Crippen LogP) is 3.82. The van der Waals surface area contributed by atoms with E-state index in [1.807, 2.05) is 22.2 Å². The largest absolute Gasteiger partial charge is 0.378 e. The number of hydrogen-bond acceptors (Lipinski definition) is 5. The van der Waals surface area contributed by atoms with Crippen LogP contribution in [0.4, 0.5) is 0 Å². The Bertz CT molecular complexity index is 870. The lowest BCUT2D eigenvalue weighted by Crippen LogP contribution is -2.41. The van der Waals surface area contributed by atoms with E-state index in [-0.39, 0.29) is 12.3 Å². The maximum atomic E-state index is 12.4. The molecule has 1 aromatic carbocycles. The molecule has 0 aliphatic rings. The van der Waals surface area contributed by atoms with Gasteiger partial charge in [-0.15, -0.1) is 11.3 Å². The highest BCUT2D eigenvalue weighted by molar-refractivity contribution is 7.88. The van der Waals surface area contributed by atoms with Gasteiger partial charge in [0.25, 0.3) is 0 Å². The van der Waals surface area contributed by atoms with E-state index in [4.69, 9.17) is 11.6 Å². The first-order valence-corrected chi connectivity index (χ1v) is 11.3. The minimum atomic E-state index is -3.61. The zero-order valence-corrected chi connectivity index (χ0v) is 16.3. The zero-order chi connectivity index (χ0) is 17.9. The summed E-state index contributed by atoms with van der Waals surface area (Å²) in [7, 11) is -3.61. The van der Waals surface area contributed by atoms with Gasteiger partial charge < -0.3 is 5.11 Å². The smallest absolute Gasteiger partial charge is 0.215 e. The van der Waals surface area contributed by atoms with Crippen LogP contribution in [0.2, 0.25) is 5.02 Å². The second-order valence-corrected chi connectivity index (χ2v) is 9.53. The topological polar surface area (TPSA) is 66.4 Å². The number of rotatable bonds is 7. The van der Waals surface area contributed by atoms with Crippen molar-refractivity contribution in [3.63, 3.8) is 0 Å². The van der Waals surface area contributed by atoms with Gasteiger partial charge in [-0.05, 0) is 46.0 Å². The quantitative estimate of drug-likeness (QED) is 0.618. The van der Waals surface area contributed by atoms with Crippen LogP contribution in [0.25, 0.3) is 0 Å². The molecule has 1 unspecified atom stereocenters. The molecule has 0 saturated carbocycles. The van der Waals surface area contributed by atoms with E-state index >= 15 is 0 Å². The minimum Gasteiger partial charge on any atom is -0.378 e. The fourth-order valence-electron chi connectivity index (χ4n) is 2.41. The first kappa shape index (κ1) is 18.6. The Labute approximate surface area is 159 Å². The lowest BCUT2D eigenvalue weighted by molar-refractivity contribution is 0.0903. The van der Waals surface area contributed by atoms with Gasteiger partial charge in [0.2, 0.25) is 10.0 Å². The Morgan fingerprint density at radius 2 is 1.88 bits per heavy atom. The van der Waals surface area contributed by atoms with Crippen molar-refractivity contribution in [3.05, 3.63) is 79.6 Å². The molecule has 25 heavy (non-hydrogen) atoms. The van der Waals surface area contributed by atoms with Crippen LogP contribution in [0.15, 0.2) is 58.6 Å². The van der Waals surface area contributed by atoms with Crippen molar-refractivity contribution in [1.82, 2.24) is 4.72 Å². The molecule has 1 atom stereocenters. The summed E-state index contributed by atoms with van der Waals surface area (Å²) >= 11 is 8.67. The van der Waals surface area contributed by atoms with Crippen molar-refractivity contribution in [2.75, 3.05) is 6.54 Å². The zero-order valence-electron chi connectivity index (χ0n) is 13.1. The molecule has 3 aromatic rings. The summed E-state index contributed by atoms with van der Waals surface area (Å²) in [6.07, 6.45) is 0. The van der Waals surface area contributed by atoms with Crippen molar-refractivity contribution in [2.45, 2.75) is 11.4 Å². The number of hydrogen-bond donors (Lipinski definition) is 2. The van der Waals surface area contributed by atoms with E-state index in [0.29, 0.717) is 21.0 Å². The summed E-state index contributed by atoms with van der Waals surface area (Å²) in [5.41, 5.74) is -0.0810. The Balaban J connectivity index is 1.78. The van der Waals surface area contributed by atoms with Crippen LogP contribution in [0, 0.1) is 0 Å². The van der Waals surface area contributed by atoms with Crippen LogP contribution in [-0.2, 0) is 21.4 Å². The first-order valence-electron chi connectivity index (χ1n) is 7.40. The van der Waals surface area contributed by atoms with Gasteiger partial charge in [-0.25, -0.2) is 13.1 Å². The first-order chi connectivity index (χ1) is 11.9. The van der Waals surface area contributed by atoms with Gasteiger partial charge in [0.1, 0.15) is 5.60 Å². The van der Waals surface area contributed by atoms with Gasteiger partial charge in [-0.2, -0.15) is 11.3 Å². The minimum absolute atomic E-state index is 0.125. The fraction of sp³-hybridized carbons (Fsp3) is 0.176. The van der Waals surface area contributed by atoms with Crippen molar-refractivity contribution in [3.8, 4) is 0 Å². The van der Waals surface area contributed by atoms with Gasteiger partial charge in [-0.3, -0.25) is 0 Å². The number of benzene rings is 1. The van der Waals surface area contributed by atoms with Crippen LogP contribution >= 0.6 is 34.3 Å². The van der Waals surface area contributed by atoms with E-state index in [0.717, 1.165) is 0 Å². The molecule has 3 rings (SSSR count). The molecule has 2 N–H and O–H groups in total. The molecule has 0 spiro atoms. The van der Waals surface area contributed by atoms with Gasteiger partial charge in [0, 0.05) is 22.0 Å². The van der Waals surface area contributed by atoms with E-state index in [9.17, 15) is 13.5 Å². The van der Waals surface area contributed by atoms with E-state index < -0.39 is 15.6 Å². The van der Waals surface area contributed by atoms with Crippen molar-refractivity contribution in [1.29, 1.82) is 0 Å². The number of halogens is 1. The summed E-state index contributed by atoms with van der Waals surface area (Å²) in [4.78, 5) is 0.695. The summed E-state index contributed by atoms with van der Waals surface area (Å²) in [6.45, 7) is -0.125. The Morgan fingerprint density at radius 1 is 1.12 bits per heavy atom. The molecular weight excluding hydrogens is 398 g/mol. The van der Waals surface area contributed by atoms with E-state index in [1.54, 1.807) is 36.4 Å². The fourth-order valence-corrected chi connectivity index (χ4v) is 5.27. The molecule has 0 aliphatic carbocycles. The standard InChI is InChI=1S/C17H16ClNO3S3/c18-15-5-3-13(4-6-15)11-25(21,22)19-12-17(20,14-7-9-23-10-14)16-2-1-8-24-16/h1-10,19-20H,11-12H2. The Morgan fingerprint density at radius 3 is 2.48 bits per heavy atom. The van der Waals surface area contributed by atoms with Crippen molar-refractivity contribution >= 4 is 44.3 Å². The van der Waals surface area contributed by atoms with Crippen molar-refractivity contribution in [2.24, 2.45) is 0 Å². The Kier molecular flexibility index (Phi) is 5.62. The highest BCUT2D eigenvalue weighted by atomic mass is 35.5. The second-order valence-electron chi connectivity index (χ2n) is 5.56. The number of nitrogens with one attached hydrogen (secondary N) is 1. The highest BCUT2D eigenvalue weighted by Gasteiger charge is 2.34. The van der Waals surface area contributed by atoms with Crippen LogP contribution in [0.5, 0.6) is 0 Å². The molecular formula is C17H16ClNO3S3. The Hall–Kier alpha value is -1.22. The van der Waals surface area contributed by atoms with Gasteiger partial charge in [0.15, 0.2) is 0 Å². The van der Waals surface area contributed by atoms with Gasteiger partial charge in [-0.1, -0.05) is 29.8 Å². The third-order valence-electron chi connectivity index (χ3n) is 3.75. The summed E-state index contributed by atoms with van der Waals surface area (Å²) < 4.78 is 27.4. The molecule has 2 heterocycles. The molecule has 0 fully saturated rings.